The SMILES string of the molecule is Cc1ccc(-c2cc(C(F)(F)F)nn2-c2ccc(S(=O)(=O)NCC(=O)NCCN)cc2)cc1. The Morgan fingerprint density at radius 3 is 2.30 bits per heavy atom. The van der Waals surface area contributed by atoms with Crippen LogP contribution in [0.15, 0.2) is 59.5 Å². The van der Waals surface area contributed by atoms with Crippen LogP contribution in [0.5, 0.6) is 0 Å². The molecule has 0 fully saturated rings. The summed E-state index contributed by atoms with van der Waals surface area (Å²) >= 11 is 0. The molecule has 8 nitrogen and oxygen atoms in total. The molecule has 3 rings (SSSR count). The van der Waals surface area contributed by atoms with Gasteiger partial charge in [0.15, 0.2) is 5.69 Å². The maximum Gasteiger partial charge on any atom is 0.435 e. The van der Waals surface area contributed by atoms with Gasteiger partial charge in [-0.1, -0.05) is 29.8 Å². The first-order valence-corrected chi connectivity index (χ1v) is 11.3. The van der Waals surface area contributed by atoms with E-state index in [0.717, 1.165) is 16.3 Å². The Morgan fingerprint density at radius 1 is 1.09 bits per heavy atom. The molecule has 0 bridgehead atoms. The lowest BCUT2D eigenvalue weighted by molar-refractivity contribution is -0.141. The number of halogens is 3. The van der Waals surface area contributed by atoms with E-state index in [2.05, 4.69) is 15.1 Å². The van der Waals surface area contributed by atoms with Crippen LogP contribution in [0, 0.1) is 6.92 Å². The summed E-state index contributed by atoms with van der Waals surface area (Å²) in [5.41, 5.74) is 6.10. The second kappa shape index (κ2) is 9.73. The van der Waals surface area contributed by atoms with Crippen molar-refractivity contribution in [1.29, 1.82) is 0 Å². The number of aromatic nitrogens is 2. The fourth-order valence-corrected chi connectivity index (χ4v) is 3.91. The first-order chi connectivity index (χ1) is 15.5. The van der Waals surface area contributed by atoms with E-state index in [1.807, 2.05) is 6.92 Å². The number of rotatable bonds is 8. The van der Waals surface area contributed by atoms with E-state index in [1.54, 1.807) is 24.3 Å². The zero-order chi connectivity index (χ0) is 24.2. The number of carbonyl (C=O) groups excluding carboxylic acids is 1. The molecular formula is C21H22F3N5O3S. The quantitative estimate of drug-likeness (QED) is 0.456. The topological polar surface area (TPSA) is 119 Å². The lowest BCUT2D eigenvalue weighted by atomic mass is 10.1. The van der Waals surface area contributed by atoms with Crippen molar-refractivity contribution in [3.05, 3.63) is 65.9 Å². The third-order valence-corrected chi connectivity index (χ3v) is 6.05. The van der Waals surface area contributed by atoms with E-state index in [1.165, 1.54) is 24.3 Å². The maximum atomic E-state index is 13.3. The number of benzene rings is 2. The van der Waals surface area contributed by atoms with Crippen molar-refractivity contribution in [1.82, 2.24) is 19.8 Å². The Hall–Kier alpha value is -3.22. The van der Waals surface area contributed by atoms with Gasteiger partial charge in [-0.15, -0.1) is 0 Å². The summed E-state index contributed by atoms with van der Waals surface area (Å²) in [7, 11) is -4.02. The van der Waals surface area contributed by atoms with Gasteiger partial charge in [-0.2, -0.15) is 18.3 Å². The van der Waals surface area contributed by atoms with E-state index in [-0.39, 0.29) is 29.4 Å². The van der Waals surface area contributed by atoms with E-state index < -0.39 is 34.3 Å². The van der Waals surface area contributed by atoms with E-state index in [9.17, 15) is 26.4 Å². The summed E-state index contributed by atoms with van der Waals surface area (Å²) in [6, 6.07) is 13.0. The molecule has 12 heteroatoms. The second-order valence-electron chi connectivity index (χ2n) is 7.15. The highest BCUT2D eigenvalue weighted by Gasteiger charge is 2.35. The van der Waals surface area contributed by atoms with Crippen molar-refractivity contribution < 1.29 is 26.4 Å². The van der Waals surface area contributed by atoms with Crippen LogP contribution in [0.2, 0.25) is 0 Å². The van der Waals surface area contributed by atoms with Crippen LogP contribution in [0.1, 0.15) is 11.3 Å². The molecule has 3 aromatic rings. The molecule has 0 atom stereocenters. The predicted octanol–water partition coefficient (Wildman–Crippen LogP) is 2.22. The summed E-state index contributed by atoms with van der Waals surface area (Å²) in [6.45, 7) is 1.81. The third-order valence-electron chi connectivity index (χ3n) is 4.63. The summed E-state index contributed by atoms with van der Waals surface area (Å²) in [5, 5.41) is 6.13. The number of aryl methyl sites for hydroxylation is 1. The van der Waals surface area contributed by atoms with Gasteiger partial charge in [-0.3, -0.25) is 4.79 Å². The molecule has 0 aliphatic heterocycles. The number of amides is 1. The number of hydrogen-bond donors (Lipinski definition) is 3. The number of carbonyl (C=O) groups is 1. The van der Waals surface area contributed by atoms with Crippen LogP contribution in [0.3, 0.4) is 0 Å². The summed E-state index contributed by atoms with van der Waals surface area (Å²) in [5.74, 6) is -0.542. The highest BCUT2D eigenvalue weighted by atomic mass is 32.2. The number of sulfonamides is 1. The van der Waals surface area contributed by atoms with Crippen molar-refractivity contribution in [3.63, 3.8) is 0 Å². The van der Waals surface area contributed by atoms with Crippen LogP contribution in [-0.4, -0.2) is 43.7 Å². The van der Waals surface area contributed by atoms with Gasteiger partial charge in [0.1, 0.15) is 0 Å². The van der Waals surface area contributed by atoms with E-state index >= 15 is 0 Å². The first kappa shape index (κ1) is 24.4. The largest absolute Gasteiger partial charge is 0.435 e. The molecule has 0 aliphatic carbocycles. The number of nitrogens with one attached hydrogen (secondary N) is 2. The average Bonchev–Trinajstić information content (AvgIpc) is 3.23. The van der Waals surface area contributed by atoms with Gasteiger partial charge in [-0.25, -0.2) is 17.8 Å². The molecule has 0 aliphatic rings. The van der Waals surface area contributed by atoms with Crippen molar-refractivity contribution in [2.45, 2.75) is 18.0 Å². The zero-order valence-electron chi connectivity index (χ0n) is 17.6. The Morgan fingerprint density at radius 2 is 1.73 bits per heavy atom. The molecule has 0 saturated heterocycles. The Kier molecular flexibility index (Phi) is 7.20. The zero-order valence-corrected chi connectivity index (χ0v) is 18.4. The third kappa shape index (κ3) is 5.97. The van der Waals surface area contributed by atoms with Crippen molar-refractivity contribution in [2.75, 3.05) is 19.6 Å². The average molecular weight is 482 g/mol. The fraction of sp³-hybridized carbons (Fsp3) is 0.238. The second-order valence-corrected chi connectivity index (χ2v) is 8.91. The number of nitrogens with two attached hydrogens (primary N) is 1. The highest BCUT2D eigenvalue weighted by Crippen LogP contribution is 2.33. The minimum atomic E-state index is -4.65. The Bertz CT molecular complexity index is 1220. The van der Waals surface area contributed by atoms with E-state index in [0.29, 0.717) is 5.56 Å². The molecule has 4 N–H and O–H groups in total. The molecule has 1 aromatic heterocycles. The minimum Gasteiger partial charge on any atom is -0.354 e. The van der Waals surface area contributed by atoms with Crippen LogP contribution in [-0.2, 0) is 21.0 Å². The summed E-state index contributed by atoms with van der Waals surface area (Å²) in [4.78, 5) is 11.4. The lowest BCUT2D eigenvalue weighted by Crippen LogP contribution is -2.38. The van der Waals surface area contributed by atoms with Gasteiger partial charge in [0.25, 0.3) is 0 Å². The van der Waals surface area contributed by atoms with Gasteiger partial charge < -0.3 is 11.1 Å². The summed E-state index contributed by atoms with van der Waals surface area (Å²) < 4.78 is 68.1. The molecule has 1 amide bonds. The normalized spacial score (nSPS) is 12.0. The number of hydrogen-bond acceptors (Lipinski definition) is 5. The molecule has 0 radical (unpaired) electrons. The molecule has 176 valence electrons. The fourth-order valence-electron chi connectivity index (χ4n) is 2.93. The van der Waals surface area contributed by atoms with Crippen LogP contribution in [0.4, 0.5) is 13.2 Å². The molecule has 0 spiro atoms. The van der Waals surface area contributed by atoms with Crippen molar-refractivity contribution in [2.24, 2.45) is 5.73 Å². The van der Waals surface area contributed by atoms with Crippen LogP contribution >= 0.6 is 0 Å². The summed E-state index contributed by atoms with van der Waals surface area (Å²) in [6.07, 6.45) is -4.65. The molecule has 0 unspecified atom stereocenters. The lowest BCUT2D eigenvalue weighted by Gasteiger charge is -2.10. The molecular weight excluding hydrogens is 459 g/mol. The Labute approximate surface area is 188 Å². The van der Waals surface area contributed by atoms with E-state index in [4.69, 9.17) is 5.73 Å². The van der Waals surface area contributed by atoms with Gasteiger partial charge >= 0.3 is 6.18 Å². The maximum absolute atomic E-state index is 13.3. The van der Waals surface area contributed by atoms with Gasteiger partial charge in [0, 0.05) is 18.7 Å². The molecule has 2 aromatic carbocycles. The van der Waals surface area contributed by atoms with Gasteiger partial charge in [0.05, 0.1) is 22.8 Å². The standard InChI is InChI=1S/C21H22F3N5O3S/c1-14-2-4-15(5-3-14)18-12-19(21(22,23)24)28-29(18)16-6-8-17(9-7-16)33(31,32)27-13-20(30)26-11-10-25/h2-9,12,27H,10-11,13,25H2,1H3,(H,26,30). The van der Waals surface area contributed by atoms with Crippen LogP contribution in [0.25, 0.3) is 16.9 Å². The highest BCUT2D eigenvalue weighted by molar-refractivity contribution is 7.89. The van der Waals surface area contributed by atoms with Gasteiger partial charge in [-0.05, 0) is 37.3 Å². The minimum absolute atomic E-state index is 0.155. The van der Waals surface area contributed by atoms with Gasteiger partial charge in [0.2, 0.25) is 15.9 Å². The molecule has 0 saturated carbocycles. The smallest absolute Gasteiger partial charge is 0.354 e. The predicted molar refractivity (Wildman–Crippen MR) is 116 cm³/mol. The first-order valence-electron chi connectivity index (χ1n) is 9.82. The number of alkyl halides is 3. The monoisotopic (exact) mass is 481 g/mol. The molecule has 1 heterocycles. The van der Waals surface area contributed by atoms with Crippen LogP contribution < -0.4 is 15.8 Å². The Balaban J connectivity index is 1.90. The van der Waals surface area contributed by atoms with Crippen molar-refractivity contribution in [3.8, 4) is 16.9 Å². The molecule has 33 heavy (non-hydrogen) atoms. The van der Waals surface area contributed by atoms with Crippen molar-refractivity contribution >= 4 is 15.9 Å². The number of nitrogens with zero attached hydrogens (tertiary/aromatic N) is 2.